The number of hydrogen-bond donors (Lipinski definition) is 1. The van der Waals surface area contributed by atoms with Crippen LogP contribution in [0.3, 0.4) is 0 Å². The van der Waals surface area contributed by atoms with Gasteiger partial charge in [-0.2, -0.15) is 0 Å². The van der Waals surface area contributed by atoms with E-state index in [-0.39, 0.29) is 17.8 Å². The smallest absolute Gasteiger partial charge is 0.230 e. The molecule has 0 saturated heterocycles. The first-order valence-corrected chi connectivity index (χ1v) is 7.87. The van der Waals surface area contributed by atoms with E-state index in [4.69, 9.17) is 11.6 Å². The molecule has 0 saturated carbocycles. The Balaban J connectivity index is 2.31. The lowest BCUT2D eigenvalue weighted by Crippen LogP contribution is -2.33. The zero-order valence-electron chi connectivity index (χ0n) is 11.2. The average molecular weight is 304 g/mol. The SMILES string of the molecule is CCCC(C)NC(=O)CSCc1ccc(Cl)cc1F. The molecule has 1 amide bonds. The molecular weight excluding hydrogens is 285 g/mol. The summed E-state index contributed by atoms with van der Waals surface area (Å²) in [6.07, 6.45) is 2.02. The molecule has 106 valence electrons. The number of thioether (sulfide) groups is 1. The van der Waals surface area contributed by atoms with E-state index < -0.39 is 0 Å². The minimum atomic E-state index is -0.320. The molecule has 5 heteroatoms. The van der Waals surface area contributed by atoms with Crippen LogP contribution in [0.1, 0.15) is 32.3 Å². The van der Waals surface area contributed by atoms with Gasteiger partial charge in [0.05, 0.1) is 5.75 Å². The van der Waals surface area contributed by atoms with Crippen molar-refractivity contribution in [3.8, 4) is 0 Å². The summed E-state index contributed by atoms with van der Waals surface area (Å²) >= 11 is 7.08. The maximum absolute atomic E-state index is 13.5. The monoisotopic (exact) mass is 303 g/mol. The van der Waals surface area contributed by atoms with Crippen molar-refractivity contribution in [1.29, 1.82) is 0 Å². The van der Waals surface area contributed by atoms with Crippen molar-refractivity contribution in [1.82, 2.24) is 5.32 Å². The largest absolute Gasteiger partial charge is 0.353 e. The van der Waals surface area contributed by atoms with Gasteiger partial charge in [-0.05, 0) is 31.0 Å². The first kappa shape index (κ1) is 16.3. The molecule has 0 spiro atoms. The summed E-state index contributed by atoms with van der Waals surface area (Å²) in [5, 5.41) is 3.30. The molecule has 1 atom stereocenters. The highest BCUT2D eigenvalue weighted by Gasteiger charge is 2.08. The van der Waals surface area contributed by atoms with Gasteiger partial charge in [-0.3, -0.25) is 4.79 Å². The van der Waals surface area contributed by atoms with E-state index in [1.165, 1.54) is 17.8 Å². The average Bonchev–Trinajstić information content (AvgIpc) is 2.32. The molecule has 1 aromatic rings. The predicted octanol–water partition coefficient (Wildman–Crippen LogP) is 4.02. The minimum Gasteiger partial charge on any atom is -0.353 e. The minimum absolute atomic E-state index is 0.000298. The van der Waals surface area contributed by atoms with Crippen LogP contribution in [0.25, 0.3) is 0 Å². The van der Waals surface area contributed by atoms with E-state index >= 15 is 0 Å². The van der Waals surface area contributed by atoms with Gasteiger partial charge in [0.25, 0.3) is 0 Å². The zero-order valence-corrected chi connectivity index (χ0v) is 12.8. The lowest BCUT2D eigenvalue weighted by molar-refractivity contribution is -0.119. The van der Waals surface area contributed by atoms with Gasteiger partial charge in [0.15, 0.2) is 0 Å². The van der Waals surface area contributed by atoms with Crippen LogP contribution in [0.15, 0.2) is 18.2 Å². The lowest BCUT2D eigenvalue weighted by Gasteiger charge is -2.12. The molecule has 1 N–H and O–H groups in total. The Hall–Kier alpha value is -0.740. The van der Waals surface area contributed by atoms with Crippen molar-refractivity contribution in [3.05, 3.63) is 34.6 Å². The third-order valence-electron chi connectivity index (χ3n) is 2.63. The zero-order chi connectivity index (χ0) is 14.3. The normalized spacial score (nSPS) is 12.2. The summed E-state index contributed by atoms with van der Waals surface area (Å²) in [4.78, 5) is 11.6. The van der Waals surface area contributed by atoms with Crippen molar-refractivity contribution in [2.75, 3.05) is 5.75 Å². The van der Waals surface area contributed by atoms with Crippen LogP contribution in [0.4, 0.5) is 4.39 Å². The molecule has 0 radical (unpaired) electrons. The van der Waals surface area contributed by atoms with Gasteiger partial charge in [0, 0.05) is 16.8 Å². The van der Waals surface area contributed by atoms with Crippen molar-refractivity contribution in [3.63, 3.8) is 0 Å². The van der Waals surface area contributed by atoms with Crippen molar-refractivity contribution < 1.29 is 9.18 Å². The number of halogens is 2. The first-order valence-electron chi connectivity index (χ1n) is 6.34. The molecule has 0 aliphatic carbocycles. The van der Waals surface area contributed by atoms with E-state index in [9.17, 15) is 9.18 Å². The Kier molecular flexibility index (Phi) is 7.24. The van der Waals surface area contributed by atoms with Crippen LogP contribution in [0, 0.1) is 5.82 Å². The summed E-state index contributed by atoms with van der Waals surface area (Å²) in [6.45, 7) is 4.08. The maximum atomic E-state index is 13.5. The molecule has 0 aromatic heterocycles. The standard InChI is InChI=1S/C14H19ClFNOS/c1-3-4-10(2)17-14(18)9-19-8-11-5-6-12(15)7-13(11)16/h5-7,10H,3-4,8-9H2,1-2H3,(H,17,18). The van der Waals surface area contributed by atoms with Crippen LogP contribution in [-0.2, 0) is 10.5 Å². The van der Waals surface area contributed by atoms with Crippen LogP contribution >= 0.6 is 23.4 Å². The van der Waals surface area contributed by atoms with Gasteiger partial charge in [-0.25, -0.2) is 4.39 Å². The summed E-state index contributed by atoms with van der Waals surface area (Å²) in [6, 6.07) is 4.80. The number of hydrogen-bond acceptors (Lipinski definition) is 2. The van der Waals surface area contributed by atoms with Gasteiger partial charge < -0.3 is 5.32 Å². The van der Waals surface area contributed by atoms with Crippen LogP contribution in [0.5, 0.6) is 0 Å². The molecule has 1 rings (SSSR count). The summed E-state index contributed by atoms with van der Waals surface area (Å²) in [5.74, 6) is 0.495. The Morgan fingerprint density at radius 2 is 2.26 bits per heavy atom. The number of rotatable bonds is 7. The van der Waals surface area contributed by atoms with E-state index in [1.54, 1.807) is 12.1 Å². The second-order valence-corrected chi connectivity index (χ2v) is 5.91. The number of nitrogens with one attached hydrogen (secondary N) is 1. The molecule has 2 nitrogen and oxygen atoms in total. The molecule has 0 bridgehead atoms. The third-order valence-corrected chi connectivity index (χ3v) is 3.85. The first-order chi connectivity index (χ1) is 9.02. The molecule has 1 unspecified atom stereocenters. The Bertz CT molecular complexity index is 428. The third kappa shape index (κ3) is 6.30. The van der Waals surface area contributed by atoms with Gasteiger partial charge in [0.1, 0.15) is 5.82 Å². The van der Waals surface area contributed by atoms with Crippen molar-refractivity contribution in [2.45, 2.75) is 38.5 Å². The van der Waals surface area contributed by atoms with E-state index in [0.29, 0.717) is 22.1 Å². The highest BCUT2D eigenvalue weighted by atomic mass is 35.5. The highest BCUT2D eigenvalue weighted by molar-refractivity contribution is 7.99. The van der Waals surface area contributed by atoms with Gasteiger partial charge in [-0.1, -0.05) is 31.0 Å². The molecule has 0 fully saturated rings. The summed E-state index contributed by atoms with van der Waals surface area (Å²) < 4.78 is 13.5. The van der Waals surface area contributed by atoms with Crippen molar-refractivity contribution in [2.24, 2.45) is 0 Å². The Labute approximate surface area is 123 Å². The fourth-order valence-corrected chi connectivity index (χ4v) is 2.70. The quantitative estimate of drug-likeness (QED) is 0.824. The topological polar surface area (TPSA) is 29.1 Å². The number of benzene rings is 1. The summed E-state index contributed by atoms with van der Waals surface area (Å²) in [7, 11) is 0. The second-order valence-electron chi connectivity index (χ2n) is 4.49. The second kappa shape index (κ2) is 8.43. The molecule has 0 aliphatic rings. The highest BCUT2D eigenvalue weighted by Crippen LogP contribution is 2.19. The van der Waals surface area contributed by atoms with E-state index in [0.717, 1.165) is 12.8 Å². The van der Waals surface area contributed by atoms with Gasteiger partial charge in [0.2, 0.25) is 5.91 Å². The fourth-order valence-electron chi connectivity index (χ4n) is 1.71. The van der Waals surface area contributed by atoms with Gasteiger partial charge >= 0.3 is 0 Å². The number of carbonyl (C=O) groups is 1. The van der Waals surface area contributed by atoms with Crippen LogP contribution < -0.4 is 5.32 Å². The van der Waals surface area contributed by atoms with Crippen LogP contribution in [0.2, 0.25) is 5.02 Å². The molecular formula is C14H19ClFNOS. The Morgan fingerprint density at radius 3 is 2.89 bits per heavy atom. The van der Waals surface area contributed by atoms with E-state index in [1.807, 2.05) is 6.92 Å². The van der Waals surface area contributed by atoms with Gasteiger partial charge in [-0.15, -0.1) is 11.8 Å². The molecule has 19 heavy (non-hydrogen) atoms. The number of amides is 1. The lowest BCUT2D eigenvalue weighted by atomic mass is 10.2. The van der Waals surface area contributed by atoms with Crippen molar-refractivity contribution >= 4 is 29.3 Å². The summed E-state index contributed by atoms with van der Waals surface area (Å²) in [5.41, 5.74) is 0.573. The molecule has 0 aliphatic heterocycles. The number of carbonyl (C=O) groups excluding carboxylic acids is 1. The maximum Gasteiger partial charge on any atom is 0.230 e. The molecule has 1 aromatic carbocycles. The Morgan fingerprint density at radius 1 is 1.53 bits per heavy atom. The predicted molar refractivity (Wildman–Crippen MR) is 80.1 cm³/mol. The molecule has 0 heterocycles. The fraction of sp³-hybridized carbons (Fsp3) is 0.500. The van der Waals surface area contributed by atoms with Crippen LogP contribution in [-0.4, -0.2) is 17.7 Å². The van der Waals surface area contributed by atoms with E-state index in [2.05, 4.69) is 12.2 Å².